The van der Waals surface area contributed by atoms with Crippen molar-refractivity contribution in [3.05, 3.63) is 82.4 Å². The molecule has 0 aliphatic carbocycles. The number of hydrogen-bond acceptors (Lipinski definition) is 3. The fourth-order valence-electron chi connectivity index (χ4n) is 3.00. The molecule has 1 aromatic carbocycles. The number of pyridine rings is 2. The maximum Gasteiger partial charge on any atom is 0.330 e. The van der Waals surface area contributed by atoms with E-state index in [-0.39, 0.29) is 23.4 Å². The minimum Gasteiger partial charge on any atom is -0.286 e. The van der Waals surface area contributed by atoms with Crippen LogP contribution in [0, 0.1) is 17.5 Å². The molecule has 5 nitrogen and oxygen atoms in total. The first-order valence-corrected chi connectivity index (χ1v) is 8.05. The number of halogens is 3. The number of benzene rings is 1. The van der Waals surface area contributed by atoms with Crippen molar-refractivity contribution in [1.82, 2.24) is 19.1 Å². The van der Waals surface area contributed by atoms with Crippen molar-refractivity contribution in [3.8, 4) is 11.1 Å². The second-order valence-corrected chi connectivity index (χ2v) is 6.08. The van der Waals surface area contributed by atoms with Crippen LogP contribution in [0.25, 0.3) is 22.3 Å². The molecule has 0 spiro atoms. The van der Waals surface area contributed by atoms with E-state index in [1.54, 1.807) is 25.5 Å². The summed E-state index contributed by atoms with van der Waals surface area (Å²) in [5.41, 5.74) is 1.46. The van der Waals surface area contributed by atoms with Crippen molar-refractivity contribution in [3.63, 3.8) is 0 Å². The molecule has 0 atom stereocenters. The molecule has 0 aliphatic heterocycles. The minimum atomic E-state index is -1.55. The fraction of sp³-hybridized carbons (Fsp3) is 0.105. The summed E-state index contributed by atoms with van der Waals surface area (Å²) in [5.74, 6) is -4.11. The topological polar surface area (TPSA) is 52.7 Å². The van der Waals surface area contributed by atoms with Crippen LogP contribution >= 0.6 is 0 Å². The first kappa shape index (κ1) is 17.0. The Morgan fingerprint density at radius 2 is 1.89 bits per heavy atom. The van der Waals surface area contributed by atoms with E-state index in [2.05, 4.69) is 9.97 Å². The summed E-state index contributed by atoms with van der Waals surface area (Å²) < 4.78 is 43.8. The molecule has 0 bridgehead atoms. The molecular weight excluding hydrogens is 357 g/mol. The van der Waals surface area contributed by atoms with Gasteiger partial charge in [-0.25, -0.2) is 22.9 Å². The Morgan fingerprint density at radius 1 is 1.07 bits per heavy atom. The van der Waals surface area contributed by atoms with Gasteiger partial charge in [0.15, 0.2) is 23.1 Å². The Bertz CT molecular complexity index is 1220. The largest absolute Gasteiger partial charge is 0.330 e. The lowest BCUT2D eigenvalue weighted by Gasteiger charge is -2.07. The maximum atomic E-state index is 14.2. The summed E-state index contributed by atoms with van der Waals surface area (Å²) in [7, 11) is 1.58. The average molecular weight is 370 g/mol. The van der Waals surface area contributed by atoms with E-state index in [1.165, 1.54) is 21.4 Å². The molecule has 0 radical (unpaired) electrons. The minimum absolute atomic E-state index is 0.132. The molecule has 0 aliphatic rings. The second-order valence-electron chi connectivity index (χ2n) is 6.08. The van der Waals surface area contributed by atoms with E-state index < -0.39 is 17.5 Å². The van der Waals surface area contributed by atoms with E-state index in [0.29, 0.717) is 11.2 Å². The van der Waals surface area contributed by atoms with Gasteiger partial charge < -0.3 is 0 Å². The SMILES string of the molecule is Cn1c(=O)n(Cc2cccnc2)c2cc(-c3ccc(F)c(F)c3F)cnc21. The zero-order valence-corrected chi connectivity index (χ0v) is 14.2. The molecule has 3 aromatic heterocycles. The molecule has 4 aromatic rings. The van der Waals surface area contributed by atoms with Gasteiger partial charge in [0.2, 0.25) is 0 Å². The van der Waals surface area contributed by atoms with Crippen molar-refractivity contribution < 1.29 is 13.2 Å². The Morgan fingerprint density at radius 3 is 2.63 bits per heavy atom. The van der Waals surface area contributed by atoms with Gasteiger partial charge in [-0.15, -0.1) is 0 Å². The molecule has 27 heavy (non-hydrogen) atoms. The normalized spacial score (nSPS) is 11.3. The van der Waals surface area contributed by atoms with Gasteiger partial charge >= 0.3 is 5.69 Å². The van der Waals surface area contributed by atoms with Gasteiger partial charge in [0, 0.05) is 36.8 Å². The van der Waals surface area contributed by atoms with Crippen LogP contribution < -0.4 is 5.69 Å². The van der Waals surface area contributed by atoms with Crippen LogP contribution in [0.15, 0.2) is 53.7 Å². The molecule has 0 saturated carbocycles. The average Bonchev–Trinajstić information content (AvgIpc) is 2.91. The summed E-state index contributed by atoms with van der Waals surface area (Å²) in [6.45, 7) is 0.245. The lowest BCUT2D eigenvalue weighted by molar-refractivity contribution is 0.449. The molecule has 3 heterocycles. The summed E-state index contributed by atoms with van der Waals surface area (Å²) in [6, 6.07) is 7.11. The summed E-state index contributed by atoms with van der Waals surface area (Å²) >= 11 is 0. The summed E-state index contributed by atoms with van der Waals surface area (Å²) in [6.07, 6.45) is 4.59. The Kier molecular flexibility index (Phi) is 4.02. The van der Waals surface area contributed by atoms with E-state index in [9.17, 15) is 18.0 Å². The lowest BCUT2D eigenvalue weighted by atomic mass is 10.1. The third-order valence-corrected chi connectivity index (χ3v) is 4.38. The standard InChI is InChI=1S/C19H13F3N4O/c1-25-18-15(26(19(25)27)10-11-3-2-6-23-8-11)7-12(9-24-18)13-4-5-14(20)17(22)16(13)21/h2-9H,10H2,1H3. The monoisotopic (exact) mass is 370 g/mol. The Balaban J connectivity index is 1.91. The summed E-state index contributed by atoms with van der Waals surface area (Å²) in [4.78, 5) is 20.8. The van der Waals surface area contributed by atoms with Gasteiger partial charge in [-0.1, -0.05) is 6.07 Å². The third-order valence-electron chi connectivity index (χ3n) is 4.38. The van der Waals surface area contributed by atoms with Crippen LogP contribution in [0.4, 0.5) is 13.2 Å². The molecule has 0 fully saturated rings. The van der Waals surface area contributed by atoms with Crippen LogP contribution in [0.1, 0.15) is 5.56 Å². The van der Waals surface area contributed by atoms with E-state index in [4.69, 9.17) is 0 Å². The summed E-state index contributed by atoms with van der Waals surface area (Å²) in [5, 5.41) is 0. The zero-order valence-electron chi connectivity index (χ0n) is 14.2. The number of aryl methyl sites for hydroxylation is 1. The molecule has 4 rings (SSSR count). The van der Waals surface area contributed by atoms with Crippen molar-refractivity contribution in [2.24, 2.45) is 7.05 Å². The van der Waals surface area contributed by atoms with Crippen molar-refractivity contribution >= 4 is 11.2 Å². The lowest BCUT2D eigenvalue weighted by Crippen LogP contribution is -2.22. The molecular formula is C19H13F3N4O. The van der Waals surface area contributed by atoms with Crippen molar-refractivity contribution in [2.45, 2.75) is 6.54 Å². The first-order valence-electron chi connectivity index (χ1n) is 8.05. The highest BCUT2D eigenvalue weighted by atomic mass is 19.2. The van der Waals surface area contributed by atoms with Crippen LogP contribution in [0.5, 0.6) is 0 Å². The van der Waals surface area contributed by atoms with E-state index in [0.717, 1.165) is 17.7 Å². The Labute approximate surface area is 151 Å². The predicted octanol–water partition coefficient (Wildman–Crippen LogP) is 3.26. The van der Waals surface area contributed by atoms with Gasteiger partial charge in [0.1, 0.15) is 0 Å². The van der Waals surface area contributed by atoms with Gasteiger partial charge in [0.25, 0.3) is 0 Å². The highest BCUT2D eigenvalue weighted by Crippen LogP contribution is 2.27. The van der Waals surface area contributed by atoms with Crippen LogP contribution in [0.3, 0.4) is 0 Å². The van der Waals surface area contributed by atoms with Gasteiger partial charge in [0.05, 0.1) is 12.1 Å². The zero-order chi connectivity index (χ0) is 19.1. The van der Waals surface area contributed by atoms with Crippen LogP contribution in [0.2, 0.25) is 0 Å². The molecule has 136 valence electrons. The van der Waals surface area contributed by atoms with Crippen molar-refractivity contribution in [1.29, 1.82) is 0 Å². The molecule has 8 heteroatoms. The third kappa shape index (κ3) is 2.79. The predicted molar refractivity (Wildman–Crippen MR) is 93.6 cm³/mol. The quantitative estimate of drug-likeness (QED) is 0.520. The number of imidazole rings is 1. The highest BCUT2D eigenvalue weighted by Gasteiger charge is 2.18. The Hall–Kier alpha value is -3.42. The number of rotatable bonds is 3. The maximum absolute atomic E-state index is 14.2. The smallest absolute Gasteiger partial charge is 0.286 e. The van der Waals surface area contributed by atoms with Gasteiger partial charge in [-0.2, -0.15) is 0 Å². The van der Waals surface area contributed by atoms with Gasteiger partial charge in [-0.3, -0.25) is 14.1 Å². The van der Waals surface area contributed by atoms with Crippen LogP contribution in [-0.2, 0) is 13.6 Å². The first-order chi connectivity index (χ1) is 13.0. The van der Waals surface area contributed by atoms with Crippen LogP contribution in [-0.4, -0.2) is 19.1 Å². The molecule has 0 unspecified atom stereocenters. The van der Waals surface area contributed by atoms with Gasteiger partial charge in [-0.05, 0) is 29.8 Å². The van der Waals surface area contributed by atoms with E-state index >= 15 is 0 Å². The second kappa shape index (κ2) is 6.39. The fourth-order valence-corrected chi connectivity index (χ4v) is 3.00. The van der Waals surface area contributed by atoms with E-state index in [1.807, 2.05) is 6.07 Å². The number of nitrogens with zero attached hydrogens (tertiary/aromatic N) is 4. The highest BCUT2D eigenvalue weighted by molar-refractivity contribution is 5.79. The molecule has 0 amide bonds. The number of hydrogen-bond donors (Lipinski definition) is 0. The number of aromatic nitrogens is 4. The number of fused-ring (bicyclic) bond motifs is 1. The molecule has 0 N–H and O–H groups in total. The molecule has 0 saturated heterocycles. The van der Waals surface area contributed by atoms with Crippen molar-refractivity contribution in [2.75, 3.05) is 0 Å².